The monoisotopic (exact) mass is 416 g/mol. The van der Waals surface area contributed by atoms with E-state index >= 15 is 0 Å². The summed E-state index contributed by atoms with van der Waals surface area (Å²) in [6, 6.07) is 6.90. The van der Waals surface area contributed by atoms with Gasteiger partial charge in [0.2, 0.25) is 0 Å². The molecule has 1 fully saturated rings. The van der Waals surface area contributed by atoms with Crippen molar-refractivity contribution in [2.24, 2.45) is 17.8 Å². The quantitative estimate of drug-likeness (QED) is 0.772. The SMILES string of the molecule is COc1ccc(-c2cc3c(c(=O)o2)C(O)C2CC[C@H](C(C)CO)C[C@@H]2O3)cc1OC. The lowest BCUT2D eigenvalue weighted by Crippen LogP contribution is -2.44. The topological polar surface area (TPSA) is 98.4 Å². The van der Waals surface area contributed by atoms with Crippen LogP contribution in [0.25, 0.3) is 11.3 Å². The van der Waals surface area contributed by atoms with Gasteiger partial charge >= 0.3 is 5.63 Å². The maximum atomic E-state index is 12.7. The van der Waals surface area contributed by atoms with Crippen LogP contribution in [0.4, 0.5) is 0 Å². The molecule has 1 aliphatic heterocycles. The number of aliphatic hydroxyl groups excluding tert-OH is 2. The summed E-state index contributed by atoms with van der Waals surface area (Å²) in [6.45, 7) is 2.16. The Hall–Kier alpha value is -2.51. The van der Waals surface area contributed by atoms with Gasteiger partial charge in [-0.05, 0) is 49.3 Å². The summed E-state index contributed by atoms with van der Waals surface area (Å²) < 4.78 is 22.4. The molecule has 0 spiro atoms. The summed E-state index contributed by atoms with van der Waals surface area (Å²) in [5.41, 5.74) is 0.242. The Morgan fingerprint density at radius 3 is 2.63 bits per heavy atom. The molecule has 30 heavy (non-hydrogen) atoms. The van der Waals surface area contributed by atoms with Gasteiger partial charge in [0.25, 0.3) is 0 Å². The number of methoxy groups -OCH3 is 2. The van der Waals surface area contributed by atoms with Gasteiger partial charge in [-0.2, -0.15) is 0 Å². The maximum Gasteiger partial charge on any atom is 0.345 e. The third-order valence-corrected chi connectivity index (χ3v) is 6.57. The molecule has 3 unspecified atom stereocenters. The van der Waals surface area contributed by atoms with Gasteiger partial charge in [0.05, 0.1) is 20.3 Å². The molecule has 1 aromatic heterocycles. The number of aliphatic hydroxyl groups is 2. The fourth-order valence-electron chi connectivity index (χ4n) is 4.70. The van der Waals surface area contributed by atoms with Crippen molar-refractivity contribution in [1.82, 2.24) is 0 Å². The Labute approximate surface area is 175 Å². The number of ether oxygens (including phenoxy) is 3. The molecule has 2 N–H and O–H groups in total. The van der Waals surface area contributed by atoms with Gasteiger partial charge in [0.15, 0.2) is 11.5 Å². The van der Waals surface area contributed by atoms with Gasteiger partial charge in [-0.3, -0.25) is 0 Å². The van der Waals surface area contributed by atoms with Gasteiger partial charge in [-0.15, -0.1) is 0 Å². The van der Waals surface area contributed by atoms with E-state index in [4.69, 9.17) is 18.6 Å². The van der Waals surface area contributed by atoms with E-state index in [2.05, 4.69) is 0 Å². The van der Waals surface area contributed by atoms with Gasteiger partial charge in [0, 0.05) is 24.2 Å². The lowest BCUT2D eigenvalue weighted by Gasteiger charge is -2.43. The van der Waals surface area contributed by atoms with Crippen molar-refractivity contribution >= 4 is 0 Å². The second kappa shape index (κ2) is 8.32. The Kier molecular flexibility index (Phi) is 5.75. The minimum atomic E-state index is -0.917. The van der Waals surface area contributed by atoms with Crippen LogP contribution in [-0.2, 0) is 0 Å². The Morgan fingerprint density at radius 2 is 1.93 bits per heavy atom. The van der Waals surface area contributed by atoms with E-state index in [1.807, 2.05) is 6.92 Å². The molecule has 2 heterocycles. The minimum Gasteiger partial charge on any atom is -0.493 e. The molecule has 1 aliphatic carbocycles. The molecular formula is C23H28O7. The van der Waals surface area contributed by atoms with E-state index in [9.17, 15) is 15.0 Å². The van der Waals surface area contributed by atoms with Crippen LogP contribution in [0.1, 0.15) is 37.9 Å². The molecule has 162 valence electrons. The fraction of sp³-hybridized carbons (Fsp3) is 0.522. The zero-order valence-electron chi connectivity index (χ0n) is 17.5. The Bertz CT molecular complexity index is 967. The maximum absolute atomic E-state index is 12.7. The molecule has 0 bridgehead atoms. The first kappa shape index (κ1) is 20.8. The normalized spacial score (nSPS) is 26.2. The first-order chi connectivity index (χ1) is 14.5. The van der Waals surface area contributed by atoms with Gasteiger partial charge in [0.1, 0.15) is 23.2 Å². The summed E-state index contributed by atoms with van der Waals surface area (Å²) in [7, 11) is 3.09. The summed E-state index contributed by atoms with van der Waals surface area (Å²) in [4.78, 5) is 12.7. The molecule has 4 rings (SSSR count). The zero-order chi connectivity index (χ0) is 21.4. The number of rotatable bonds is 5. The largest absolute Gasteiger partial charge is 0.493 e. The van der Waals surface area contributed by atoms with Crippen LogP contribution < -0.4 is 19.8 Å². The average Bonchev–Trinajstić information content (AvgIpc) is 2.77. The highest BCUT2D eigenvalue weighted by Crippen LogP contribution is 2.47. The van der Waals surface area contributed by atoms with Crippen molar-refractivity contribution in [3.05, 3.63) is 40.2 Å². The van der Waals surface area contributed by atoms with E-state index in [-0.39, 0.29) is 30.1 Å². The van der Waals surface area contributed by atoms with Crippen LogP contribution in [-0.4, -0.2) is 37.1 Å². The minimum absolute atomic E-state index is 0.133. The Morgan fingerprint density at radius 1 is 1.17 bits per heavy atom. The second-order valence-electron chi connectivity index (χ2n) is 8.24. The number of hydrogen-bond acceptors (Lipinski definition) is 7. The third kappa shape index (κ3) is 3.56. The Balaban J connectivity index is 1.69. The third-order valence-electron chi connectivity index (χ3n) is 6.57. The first-order valence-corrected chi connectivity index (χ1v) is 10.3. The van der Waals surface area contributed by atoms with Gasteiger partial charge in [-0.25, -0.2) is 4.79 Å². The molecule has 7 nitrogen and oxygen atoms in total. The highest BCUT2D eigenvalue weighted by Gasteiger charge is 2.44. The highest BCUT2D eigenvalue weighted by molar-refractivity contribution is 5.64. The predicted octanol–water partition coefficient (Wildman–Crippen LogP) is 3.16. The van der Waals surface area contributed by atoms with Crippen molar-refractivity contribution in [3.8, 4) is 28.6 Å². The van der Waals surface area contributed by atoms with Gasteiger partial charge in [-0.1, -0.05) is 6.92 Å². The summed E-state index contributed by atoms with van der Waals surface area (Å²) in [6.07, 6.45) is 1.28. The van der Waals surface area contributed by atoms with Crippen LogP contribution in [0.5, 0.6) is 17.2 Å². The molecular weight excluding hydrogens is 388 g/mol. The zero-order valence-corrected chi connectivity index (χ0v) is 17.5. The molecule has 5 atom stereocenters. The average molecular weight is 416 g/mol. The molecule has 1 saturated carbocycles. The van der Waals surface area contributed by atoms with Crippen LogP contribution in [0.3, 0.4) is 0 Å². The summed E-state index contributed by atoms with van der Waals surface area (Å²) >= 11 is 0. The van der Waals surface area contributed by atoms with Crippen molar-refractivity contribution < 1.29 is 28.8 Å². The van der Waals surface area contributed by atoms with Crippen molar-refractivity contribution in [2.75, 3.05) is 20.8 Å². The van der Waals surface area contributed by atoms with E-state index in [1.54, 1.807) is 31.4 Å². The molecule has 1 aromatic carbocycles. The van der Waals surface area contributed by atoms with Crippen LogP contribution in [0, 0.1) is 17.8 Å². The van der Waals surface area contributed by atoms with Crippen LogP contribution in [0.15, 0.2) is 33.5 Å². The van der Waals surface area contributed by atoms with E-state index in [0.29, 0.717) is 34.5 Å². The first-order valence-electron chi connectivity index (χ1n) is 10.3. The highest BCUT2D eigenvalue weighted by atomic mass is 16.5. The molecule has 0 radical (unpaired) electrons. The second-order valence-corrected chi connectivity index (χ2v) is 8.24. The number of benzene rings is 1. The van der Waals surface area contributed by atoms with Crippen LogP contribution >= 0.6 is 0 Å². The molecule has 0 amide bonds. The fourth-order valence-corrected chi connectivity index (χ4v) is 4.70. The lowest BCUT2D eigenvalue weighted by molar-refractivity contribution is -0.0478. The van der Waals surface area contributed by atoms with E-state index in [1.165, 1.54) is 7.11 Å². The molecule has 7 heteroatoms. The smallest absolute Gasteiger partial charge is 0.345 e. The molecule has 2 aromatic rings. The number of hydrogen-bond donors (Lipinski definition) is 2. The summed E-state index contributed by atoms with van der Waals surface area (Å²) in [5.74, 6) is 2.15. The lowest BCUT2D eigenvalue weighted by atomic mass is 9.71. The van der Waals surface area contributed by atoms with Crippen molar-refractivity contribution in [1.29, 1.82) is 0 Å². The standard InChI is InChI=1S/C23H28O7/c1-12(11-24)13-4-6-15-18(8-13)29-20-10-17(30-23(26)21(20)22(15)25)14-5-7-16(27-2)19(9-14)28-3/h5,7,9-10,12-13,15,18,22,24-25H,4,6,8,11H2,1-3H3/t12?,13-,15?,18-,22?/m0/s1. The predicted molar refractivity (Wildman–Crippen MR) is 110 cm³/mol. The van der Waals surface area contributed by atoms with Crippen LogP contribution in [0.2, 0.25) is 0 Å². The number of fused-ring (bicyclic) bond motifs is 2. The van der Waals surface area contributed by atoms with Crippen molar-refractivity contribution in [2.45, 2.75) is 38.4 Å². The molecule has 0 saturated heterocycles. The van der Waals surface area contributed by atoms with Crippen molar-refractivity contribution in [3.63, 3.8) is 0 Å². The summed E-state index contributed by atoms with van der Waals surface area (Å²) in [5, 5.41) is 20.4. The van der Waals surface area contributed by atoms with E-state index in [0.717, 1.165) is 19.3 Å². The van der Waals surface area contributed by atoms with Gasteiger partial charge < -0.3 is 28.8 Å². The van der Waals surface area contributed by atoms with E-state index < -0.39 is 11.7 Å². The molecule has 2 aliphatic rings.